The van der Waals surface area contributed by atoms with Crippen molar-refractivity contribution in [3.05, 3.63) is 33.8 Å². The van der Waals surface area contributed by atoms with Crippen molar-refractivity contribution in [3.63, 3.8) is 0 Å². The van der Waals surface area contributed by atoms with E-state index in [4.69, 9.17) is 5.73 Å². The van der Waals surface area contributed by atoms with E-state index in [-0.39, 0.29) is 11.9 Å². The molecule has 3 nitrogen and oxygen atoms in total. The van der Waals surface area contributed by atoms with Crippen LogP contribution in [0.3, 0.4) is 0 Å². The quantitative estimate of drug-likeness (QED) is 0.856. The number of benzene rings is 1. The molecule has 1 heterocycles. The Morgan fingerprint density at radius 1 is 1.56 bits per heavy atom. The van der Waals surface area contributed by atoms with E-state index in [0.717, 1.165) is 28.6 Å². The van der Waals surface area contributed by atoms with Crippen molar-refractivity contribution < 1.29 is 4.79 Å². The monoisotopic (exact) mass is 282 g/mol. The summed E-state index contributed by atoms with van der Waals surface area (Å²) >= 11 is 3.43. The Morgan fingerprint density at radius 3 is 2.88 bits per heavy atom. The molecule has 0 spiro atoms. The molecule has 1 aromatic carbocycles. The molecule has 0 radical (unpaired) electrons. The van der Waals surface area contributed by atoms with Gasteiger partial charge in [0.05, 0.1) is 0 Å². The number of rotatable bonds is 1. The third kappa shape index (κ3) is 2.28. The number of aryl methyl sites for hydroxylation is 1. The normalized spacial score (nSPS) is 20.2. The van der Waals surface area contributed by atoms with Gasteiger partial charge in [0, 0.05) is 29.2 Å². The number of carbonyl (C=O) groups excluding carboxylic acids is 1. The Labute approximate surface area is 104 Å². The number of amides is 1. The molecule has 4 heteroatoms. The third-order valence-electron chi connectivity index (χ3n) is 2.92. The highest BCUT2D eigenvalue weighted by atomic mass is 79.9. The molecule has 2 rings (SSSR count). The van der Waals surface area contributed by atoms with Crippen LogP contribution in [0.25, 0.3) is 0 Å². The minimum atomic E-state index is 0.0866. The first-order chi connectivity index (χ1) is 7.58. The van der Waals surface area contributed by atoms with Crippen molar-refractivity contribution >= 4 is 21.8 Å². The average Bonchev–Trinajstić information content (AvgIpc) is 2.68. The lowest BCUT2D eigenvalue weighted by Gasteiger charge is -2.16. The molecular formula is C12H15BrN2O. The Morgan fingerprint density at radius 2 is 2.31 bits per heavy atom. The lowest BCUT2D eigenvalue weighted by atomic mass is 10.1. The Bertz CT molecular complexity index is 419. The average molecular weight is 283 g/mol. The standard InChI is InChI=1S/C12H15BrN2O/c1-8-6-9(2-3-11(8)13)12(16)15-5-4-10(14)7-15/h2-3,6,10H,4-5,7,14H2,1H3. The van der Waals surface area contributed by atoms with E-state index in [1.165, 1.54) is 0 Å². The van der Waals surface area contributed by atoms with Gasteiger partial charge >= 0.3 is 0 Å². The maximum Gasteiger partial charge on any atom is 0.253 e. The summed E-state index contributed by atoms with van der Waals surface area (Å²) in [4.78, 5) is 13.9. The summed E-state index contributed by atoms with van der Waals surface area (Å²) in [5, 5.41) is 0. The minimum Gasteiger partial charge on any atom is -0.337 e. The van der Waals surface area contributed by atoms with Crippen LogP contribution >= 0.6 is 15.9 Å². The van der Waals surface area contributed by atoms with Crippen LogP contribution < -0.4 is 5.73 Å². The predicted octanol–water partition coefficient (Wildman–Crippen LogP) is 1.93. The van der Waals surface area contributed by atoms with Gasteiger partial charge in [-0.25, -0.2) is 0 Å². The van der Waals surface area contributed by atoms with Crippen LogP contribution in [0.4, 0.5) is 0 Å². The van der Waals surface area contributed by atoms with E-state index in [2.05, 4.69) is 15.9 Å². The molecule has 1 unspecified atom stereocenters. The summed E-state index contributed by atoms with van der Waals surface area (Å²) in [5.74, 6) is 0.0866. The van der Waals surface area contributed by atoms with Crippen LogP contribution in [-0.2, 0) is 0 Å². The van der Waals surface area contributed by atoms with E-state index < -0.39 is 0 Å². The van der Waals surface area contributed by atoms with Gasteiger partial charge in [-0.05, 0) is 37.1 Å². The highest BCUT2D eigenvalue weighted by molar-refractivity contribution is 9.10. The first-order valence-corrected chi connectivity index (χ1v) is 6.18. The summed E-state index contributed by atoms with van der Waals surface area (Å²) in [6, 6.07) is 5.82. The molecule has 86 valence electrons. The first-order valence-electron chi connectivity index (χ1n) is 5.39. The van der Waals surface area contributed by atoms with E-state index in [9.17, 15) is 4.79 Å². The van der Waals surface area contributed by atoms with Crippen molar-refractivity contribution in [2.24, 2.45) is 5.73 Å². The SMILES string of the molecule is Cc1cc(C(=O)N2CCC(N)C2)ccc1Br. The molecule has 1 amide bonds. The topological polar surface area (TPSA) is 46.3 Å². The zero-order valence-electron chi connectivity index (χ0n) is 9.24. The maximum atomic E-state index is 12.1. The summed E-state index contributed by atoms with van der Waals surface area (Å²) in [6.07, 6.45) is 0.904. The molecule has 0 aliphatic carbocycles. The molecule has 1 saturated heterocycles. The van der Waals surface area contributed by atoms with Gasteiger partial charge in [-0.15, -0.1) is 0 Å². The van der Waals surface area contributed by atoms with Gasteiger partial charge in [-0.3, -0.25) is 4.79 Å². The predicted molar refractivity (Wildman–Crippen MR) is 67.4 cm³/mol. The van der Waals surface area contributed by atoms with Crippen LogP contribution in [0, 0.1) is 6.92 Å². The number of likely N-dealkylation sites (tertiary alicyclic amines) is 1. The van der Waals surface area contributed by atoms with Crippen LogP contribution in [0.5, 0.6) is 0 Å². The highest BCUT2D eigenvalue weighted by Crippen LogP contribution is 2.19. The smallest absolute Gasteiger partial charge is 0.253 e. The highest BCUT2D eigenvalue weighted by Gasteiger charge is 2.24. The van der Waals surface area contributed by atoms with E-state index in [1.807, 2.05) is 30.0 Å². The number of hydrogen-bond donors (Lipinski definition) is 1. The van der Waals surface area contributed by atoms with Crippen LogP contribution in [0.15, 0.2) is 22.7 Å². The number of halogens is 1. The van der Waals surface area contributed by atoms with Crippen molar-refractivity contribution in [1.82, 2.24) is 4.90 Å². The fourth-order valence-corrected chi connectivity index (χ4v) is 2.18. The van der Waals surface area contributed by atoms with Crippen molar-refractivity contribution in [2.75, 3.05) is 13.1 Å². The van der Waals surface area contributed by atoms with Crippen molar-refractivity contribution in [2.45, 2.75) is 19.4 Å². The van der Waals surface area contributed by atoms with Crippen molar-refractivity contribution in [3.8, 4) is 0 Å². The minimum absolute atomic E-state index is 0.0866. The second-order valence-corrected chi connectivity index (χ2v) is 5.12. The lowest BCUT2D eigenvalue weighted by Crippen LogP contribution is -2.31. The molecule has 1 aromatic rings. The Kier molecular flexibility index (Phi) is 3.30. The third-order valence-corrected chi connectivity index (χ3v) is 3.81. The Hall–Kier alpha value is -0.870. The number of nitrogens with zero attached hydrogens (tertiary/aromatic N) is 1. The van der Waals surface area contributed by atoms with Crippen LogP contribution in [0.1, 0.15) is 22.3 Å². The van der Waals surface area contributed by atoms with E-state index >= 15 is 0 Å². The van der Waals surface area contributed by atoms with Gasteiger partial charge in [0.2, 0.25) is 0 Å². The van der Waals surface area contributed by atoms with Gasteiger partial charge in [-0.1, -0.05) is 15.9 Å². The summed E-state index contributed by atoms with van der Waals surface area (Å²) in [6.45, 7) is 3.43. The molecule has 1 aliphatic rings. The number of carbonyl (C=O) groups is 1. The van der Waals surface area contributed by atoms with Gasteiger partial charge in [0.15, 0.2) is 0 Å². The Balaban J connectivity index is 2.18. The van der Waals surface area contributed by atoms with Gasteiger partial charge in [-0.2, -0.15) is 0 Å². The molecule has 2 N–H and O–H groups in total. The zero-order chi connectivity index (χ0) is 11.7. The molecule has 0 saturated carbocycles. The summed E-state index contributed by atoms with van der Waals surface area (Å²) in [5.41, 5.74) is 7.62. The van der Waals surface area contributed by atoms with Crippen LogP contribution in [0.2, 0.25) is 0 Å². The summed E-state index contributed by atoms with van der Waals surface area (Å²) in [7, 11) is 0. The largest absolute Gasteiger partial charge is 0.337 e. The second-order valence-electron chi connectivity index (χ2n) is 4.26. The van der Waals surface area contributed by atoms with E-state index in [1.54, 1.807) is 0 Å². The summed E-state index contributed by atoms with van der Waals surface area (Å²) < 4.78 is 1.03. The molecule has 1 atom stereocenters. The molecule has 1 fully saturated rings. The molecule has 0 bridgehead atoms. The molecule has 0 aromatic heterocycles. The van der Waals surface area contributed by atoms with Gasteiger partial charge < -0.3 is 10.6 Å². The fourth-order valence-electron chi connectivity index (χ4n) is 1.93. The van der Waals surface area contributed by atoms with Gasteiger partial charge in [0.1, 0.15) is 0 Å². The molecule has 1 aliphatic heterocycles. The number of hydrogen-bond acceptors (Lipinski definition) is 2. The first kappa shape index (κ1) is 11.6. The van der Waals surface area contributed by atoms with E-state index in [0.29, 0.717) is 6.54 Å². The lowest BCUT2D eigenvalue weighted by molar-refractivity contribution is 0.0791. The van der Waals surface area contributed by atoms with Gasteiger partial charge in [0.25, 0.3) is 5.91 Å². The zero-order valence-corrected chi connectivity index (χ0v) is 10.8. The molecule has 16 heavy (non-hydrogen) atoms. The van der Waals surface area contributed by atoms with Crippen molar-refractivity contribution in [1.29, 1.82) is 0 Å². The molecular weight excluding hydrogens is 268 g/mol. The van der Waals surface area contributed by atoms with Crippen LogP contribution in [-0.4, -0.2) is 29.9 Å². The fraction of sp³-hybridized carbons (Fsp3) is 0.417. The second kappa shape index (κ2) is 4.55. The maximum absolute atomic E-state index is 12.1. The number of nitrogens with two attached hydrogens (primary N) is 1.